The molecule has 3 aromatic carbocycles. The standard InChI is InChI=1S/C90H128N20O24/c1-48(2)42-65(86(130)107-38-12-20-67(107)84(128)100-60(33-35-73(116)117)85(129)110-41-15-23-70(110)89(133)134)106-82(126)64(47-71(91)113)104-77(121)58(19-11-37-95-90(92)93)99-83(127)68-21-13-39-108(68)88(132)69-22-14-40-109(69)87(131)66(43-49(3)4)105-78(122)59(32-34-72(114)115)98-75(119)51(6)96-74(118)50(5)97-79(123)61(44-52-16-8-7-9-17-52)102-81(125)63(46-54-26-30-56(112)31-27-54)103-80(124)62(45-53-24-28-55(111)29-25-53)101-76(120)57-18-10-36-94-57/h7-9,16-17,24-31,48-51,57-70,94,111-112H,10-15,18-23,32-47H2,1-6H3,(H2,91,113)(H,96,118)(H,97,123)(H,98,119)(H,99,127)(H,100,128)(H,101,120)(H,102,125)(H,103,124)(H,104,121)(H,105,122)(H,106,126)(H,114,115)(H,116,117)(H,133,134)(H4,92,93,95)/t50-,51-,57-,58-,59-,60-,61-,62-,63-,64-,65-,66-,67-,68-,69-,70-/m0/s1. The van der Waals surface area contributed by atoms with Gasteiger partial charge in [0, 0.05) is 64.8 Å². The molecule has 0 aromatic heterocycles. The number of nitrogens with one attached hydrogen (secondary N) is 14. The Labute approximate surface area is 774 Å². The van der Waals surface area contributed by atoms with Crippen LogP contribution in [0.1, 0.15) is 180 Å². The number of hydrogen-bond donors (Lipinski definition) is 21. The summed E-state index contributed by atoms with van der Waals surface area (Å²) in [5.74, 6) is -19.2. The minimum Gasteiger partial charge on any atom is -0.508 e. The first-order valence-electron chi connectivity index (χ1n) is 45.5. The highest BCUT2D eigenvalue weighted by molar-refractivity contribution is 6.02. The maximum absolute atomic E-state index is 15.0. The zero-order valence-corrected chi connectivity index (χ0v) is 76.1. The van der Waals surface area contributed by atoms with Gasteiger partial charge in [-0.1, -0.05) is 82.3 Å². The maximum atomic E-state index is 15.0. The number of phenolic OH excluding ortho intramolecular Hbond substituents is 2. The Morgan fingerprint density at radius 2 is 0.761 bits per heavy atom. The number of hydrogen-bond acceptors (Lipinski definition) is 23. The zero-order valence-electron chi connectivity index (χ0n) is 76.1. The minimum atomic E-state index is -1.82. The highest BCUT2D eigenvalue weighted by Gasteiger charge is 2.48. The van der Waals surface area contributed by atoms with Crippen molar-refractivity contribution >= 4 is 118 Å². The van der Waals surface area contributed by atoms with Crippen LogP contribution in [0.5, 0.6) is 11.5 Å². The van der Waals surface area contributed by atoms with Crippen LogP contribution in [0.3, 0.4) is 0 Å². The first-order valence-corrected chi connectivity index (χ1v) is 45.5. The molecule has 5 aliphatic heterocycles. The third-order valence-corrected chi connectivity index (χ3v) is 24.0. The van der Waals surface area contributed by atoms with Gasteiger partial charge in [0.25, 0.3) is 0 Å². The highest BCUT2D eigenvalue weighted by Crippen LogP contribution is 2.29. The van der Waals surface area contributed by atoms with Gasteiger partial charge in [0.15, 0.2) is 5.96 Å². The molecule has 732 valence electrons. The van der Waals surface area contributed by atoms with Crippen LogP contribution in [-0.2, 0) is 110 Å². The molecule has 5 saturated heterocycles. The summed E-state index contributed by atoms with van der Waals surface area (Å²) < 4.78 is 0. The van der Waals surface area contributed by atoms with E-state index >= 15 is 9.59 Å². The lowest BCUT2D eigenvalue weighted by Gasteiger charge is -2.34. The molecular weight excluding hydrogens is 1750 g/mol. The summed E-state index contributed by atoms with van der Waals surface area (Å²) in [7, 11) is 0. The predicted octanol–water partition coefficient (Wildman–Crippen LogP) is -2.74. The number of amides is 16. The Kier molecular flexibility index (Phi) is 40.2. The molecule has 0 bridgehead atoms. The van der Waals surface area contributed by atoms with Crippen molar-refractivity contribution in [2.75, 3.05) is 39.3 Å². The van der Waals surface area contributed by atoms with Crippen molar-refractivity contribution < 1.29 is 117 Å². The van der Waals surface area contributed by atoms with Gasteiger partial charge in [-0.25, -0.2) is 4.79 Å². The molecule has 134 heavy (non-hydrogen) atoms. The molecule has 5 heterocycles. The molecule has 44 nitrogen and oxygen atoms in total. The zero-order chi connectivity index (χ0) is 98.3. The van der Waals surface area contributed by atoms with Gasteiger partial charge in [0.1, 0.15) is 102 Å². The normalized spacial score (nSPS) is 19.4. The van der Waals surface area contributed by atoms with Crippen molar-refractivity contribution in [1.82, 2.24) is 88.7 Å². The summed E-state index contributed by atoms with van der Waals surface area (Å²) in [5, 5.41) is 91.5. The first kappa shape index (κ1) is 106. The number of primary amides is 1. The average molecular weight is 1870 g/mol. The molecule has 0 aliphatic carbocycles. The molecular formula is C90H128N20O24. The van der Waals surface area contributed by atoms with Gasteiger partial charge in [0.05, 0.1) is 12.5 Å². The summed E-state index contributed by atoms with van der Waals surface area (Å²) in [6.07, 6.45) is -1.16. The number of nitrogens with zero attached hydrogens (tertiary/aromatic N) is 4. The molecule has 5 aliphatic rings. The van der Waals surface area contributed by atoms with E-state index in [-0.39, 0.29) is 146 Å². The third-order valence-electron chi connectivity index (χ3n) is 24.0. The SMILES string of the molecule is CC(C)C[C@H](NC(=O)[C@H](CC(N)=O)NC(=O)[C@H](CCCNC(=N)N)NC(=O)[C@@H]1CCCN1C(=O)[C@@H]1CCCN1C(=O)[C@H](CC(C)C)NC(=O)[C@H](CCC(=O)O)NC(=O)[C@H](C)NC(=O)[C@H](C)NC(=O)[C@H](Cc1ccccc1)NC(=O)[C@H](Cc1ccc(O)cc1)NC(=O)[C@H](Cc1ccc(O)cc1)NC(=O)[C@@H]1CCCN1)C(=O)N1CCC[C@H]1C(=O)N[C@@H](CCC(=O)O)C(=O)N1CCC[C@H]1C(=O)O. The molecule has 3 aromatic rings. The van der Waals surface area contributed by atoms with Crippen LogP contribution < -0.4 is 80.6 Å². The molecule has 0 spiro atoms. The molecule has 0 saturated carbocycles. The molecule has 16 atom stereocenters. The topological polar surface area (TPSA) is 671 Å². The van der Waals surface area contributed by atoms with E-state index in [2.05, 4.69) is 69.1 Å². The second-order valence-electron chi connectivity index (χ2n) is 35.5. The summed E-state index contributed by atoms with van der Waals surface area (Å²) in [6, 6.07) is -1.91. The van der Waals surface area contributed by atoms with E-state index in [0.29, 0.717) is 42.5 Å². The number of guanidine groups is 1. The van der Waals surface area contributed by atoms with Crippen LogP contribution in [0.25, 0.3) is 0 Å². The van der Waals surface area contributed by atoms with E-state index in [1.165, 1.54) is 64.9 Å². The van der Waals surface area contributed by atoms with Crippen molar-refractivity contribution in [2.24, 2.45) is 23.3 Å². The Morgan fingerprint density at radius 1 is 0.396 bits per heavy atom. The number of aromatic hydroxyl groups is 2. The molecule has 23 N–H and O–H groups in total. The van der Waals surface area contributed by atoms with E-state index in [4.69, 9.17) is 16.9 Å². The van der Waals surface area contributed by atoms with Crippen LogP contribution in [0.4, 0.5) is 0 Å². The monoisotopic (exact) mass is 1870 g/mol. The molecule has 16 amide bonds. The molecule has 8 rings (SSSR count). The van der Waals surface area contributed by atoms with E-state index in [0.717, 1.165) is 4.90 Å². The summed E-state index contributed by atoms with van der Waals surface area (Å²) >= 11 is 0. The van der Waals surface area contributed by atoms with Gasteiger partial charge in [-0.2, -0.15) is 0 Å². The number of likely N-dealkylation sites (tertiary alicyclic amines) is 4. The summed E-state index contributed by atoms with van der Waals surface area (Å²) in [5.41, 5.74) is 12.8. The van der Waals surface area contributed by atoms with Crippen LogP contribution in [0.15, 0.2) is 78.9 Å². The number of carboxylic acid groups (broad SMARTS) is 3. The van der Waals surface area contributed by atoms with Crippen LogP contribution in [-0.4, -0.2) is 299 Å². The minimum absolute atomic E-state index is 0.0144. The van der Waals surface area contributed by atoms with E-state index in [9.17, 15) is 107 Å². The number of carbonyl (C=O) groups excluding carboxylic acids is 16. The first-order chi connectivity index (χ1) is 63.5. The number of aliphatic carboxylic acids is 3. The number of phenols is 2. The van der Waals surface area contributed by atoms with Gasteiger partial charge in [-0.05, 0) is 176 Å². The second-order valence-corrected chi connectivity index (χ2v) is 35.5. The van der Waals surface area contributed by atoms with Crippen molar-refractivity contribution in [3.63, 3.8) is 0 Å². The Morgan fingerprint density at radius 3 is 1.23 bits per heavy atom. The molecule has 0 radical (unpaired) electrons. The van der Waals surface area contributed by atoms with Gasteiger partial charge < -0.3 is 126 Å². The Balaban J connectivity index is 0.914. The smallest absolute Gasteiger partial charge is 0.326 e. The van der Waals surface area contributed by atoms with Crippen molar-refractivity contribution in [2.45, 2.75) is 279 Å². The lowest BCUT2D eigenvalue weighted by atomic mass is 10.0. The maximum Gasteiger partial charge on any atom is 0.326 e. The molecule has 44 heteroatoms. The second kappa shape index (κ2) is 50.9. The largest absolute Gasteiger partial charge is 0.508 e. The summed E-state index contributed by atoms with van der Waals surface area (Å²) in [6.45, 7) is 9.98. The van der Waals surface area contributed by atoms with Crippen LogP contribution in [0.2, 0.25) is 0 Å². The van der Waals surface area contributed by atoms with E-state index < -0.39 is 247 Å². The fourth-order valence-corrected chi connectivity index (χ4v) is 17.0. The average Bonchev–Trinajstić information content (AvgIpc) is 1.67. The van der Waals surface area contributed by atoms with Crippen molar-refractivity contribution in [3.8, 4) is 11.5 Å². The molecule has 5 fully saturated rings. The third kappa shape index (κ3) is 31.8. The van der Waals surface area contributed by atoms with Crippen molar-refractivity contribution in [1.29, 1.82) is 5.41 Å². The van der Waals surface area contributed by atoms with Gasteiger partial charge in [-0.15, -0.1) is 0 Å². The Bertz CT molecular complexity index is 4710. The fourth-order valence-electron chi connectivity index (χ4n) is 17.0. The van der Waals surface area contributed by atoms with Crippen LogP contribution in [0, 0.1) is 17.2 Å². The summed E-state index contributed by atoms with van der Waals surface area (Å²) in [4.78, 5) is 270. The number of carboxylic acids is 3. The lowest BCUT2D eigenvalue weighted by molar-refractivity contribution is -0.150. The fraction of sp³-hybridized carbons (Fsp3) is 0.578. The number of nitrogens with two attached hydrogens (primary N) is 2. The predicted molar refractivity (Wildman–Crippen MR) is 480 cm³/mol. The molecule has 0 unspecified atom stereocenters. The van der Waals surface area contributed by atoms with Crippen LogP contribution >= 0.6 is 0 Å². The van der Waals surface area contributed by atoms with E-state index in [1.807, 2.05) is 0 Å². The Hall–Kier alpha value is -13.6. The number of rotatable bonds is 49. The quantitative estimate of drug-likeness (QED) is 0.0155. The van der Waals surface area contributed by atoms with Gasteiger partial charge in [-0.3, -0.25) is 91.7 Å². The van der Waals surface area contributed by atoms with Gasteiger partial charge >= 0.3 is 17.9 Å². The lowest BCUT2D eigenvalue weighted by Crippen LogP contribution is -2.61. The van der Waals surface area contributed by atoms with E-state index in [1.54, 1.807) is 70.2 Å². The number of benzene rings is 3. The van der Waals surface area contributed by atoms with Gasteiger partial charge in [0.2, 0.25) is 94.5 Å². The van der Waals surface area contributed by atoms with Crippen molar-refractivity contribution in [3.05, 3.63) is 95.6 Å². The highest BCUT2D eigenvalue weighted by atomic mass is 16.4. The number of carbonyl (C=O) groups is 19.